The second-order valence-corrected chi connectivity index (χ2v) is 5.80. The number of benzene rings is 1. The summed E-state index contributed by atoms with van der Waals surface area (Å²) in [5.41, 5.74) is 1.09. The predicted molar refractivity (Wildman–Crippen MR) is 85.7 cm³/mol. The number of carbonyl (C=O) groups excluding carboxylic acids is 1. The van der Waals surface area contributed by atoms with Crippen LogP contribution < -0.4 is 0 Å². The van der Waals surface area contributed by atoms with Gasteiger partial charge in [0.05, 0.1) is 17.8 Å². The Hall–Kier alpha value is -2.83. The lowest BCUT2D eigenvalue weighted by Gasteiger charge is -2.32. The topological polar surface area (TPSA) is 84.7 Å². The van der Waals surface area contributed by atoms with Gasteiger partial charge >= 0.3 is 12.1 Å². The van der Waals surface area contributed by atoms with Gasteiger partial charge in [0.2, 0.25) is 0 Å². The van der Waals surface area contributed by atoms with Crippen molar-refractivity contribution in [2.24, 2.45) is 0 Å². The number of rotatable bonds is 4. The quantitative estimate of drug-likeness (QED) is 0.932. The van der Waals surface area contributed by atoms with E-state index in [1.165, 1.54) is 12.4 Å². The van der Waals surface area contributed by atoms with Gasteiger partial charge in [0, 0.05) is 19.3 Å². The highest BCUT2D eigenvalue weighted by molar-refractivity contribution is 5.86. The van der Waals surface area contributed by atoms with Crippen LogP contribution in [0, 0.1) is 0 Å². The Bertz CT molecular complexity index is 714. The number of carbonyl (C=O) groups is 2. The summed E-state index contributed by atoms with van der Waals surface area (Å²) in [6, 6.07) is 9.50. The number of amides is 1. The van der Waals surface area contributed by atoms with Crippen molar-refractivity contribution < 1.29 is 19.4 Å². The average Bonchev–Trinajstić information content (AvgIpc) is 3.11. The minimum Gasteiger partial charge on any atom is -0.478 e. The van der Waals surface area contributed by atoms with Crippen LogP contribution in [-0.2, 0) is 11.3 Å². The third-order valence-electron chi connectivity index (χ3n) is 4.08. The number of hydrogen-bond donors (Lipinski definition) is 1. The van der Waals surface area contributed by atoms with Gasteiger partial charge in [0.15, 0.2) is 0 Å². The maximum atomic E-state index is 12.2. The average molecular weight is 329 g/mol. The predicted octanol–water partition coefficient (Wildman–Crippen LogP) is 2.56. The summed E-state index contributed by atoms with van der Waals surface area (Å²) in [6.45, 7) is 1.34. The van der Waals surface area contributed by atoms with Gasteiger partial charge in [0.1, 0.15) is 6.61 Å². The third kappa shape index (κ3) is 3.73. The van der Waals surface area contributed by atoms with E-state index in [4.69, 9.17) is 9.84 Å². The summed E-state index contributed by atoms with van der Waals surface area (Å²) >= 11 is 0. The van der Waals surface area contributed by atoms with Crippen molar-refractivity contribution in [2.45, 2.75) is 25.5 Å². The molecule has 0 radical (unpaired) electrons. The van der Waals surface area contributed by atoms with Crippen LogP contribution in [0.15, 0.2) is 42.7 Å². The molecule has 126 valence electrons. The number of carboxylic acids is 1. The highest BCUT2D eigenvalue weighted by Gasteiger charge is 2.26. The highest BCUT2D eigenvalue weighted by Crippen LogP contribution is 2.22. The molecule has 1 N–H and O–H groups in total. The first-order chi connectivity index (χ1) is 11.6. The lowest BCUT2D eigenvalue weighted by atomic mass is 10.1. The lowest BCUT2D eigenvalue weighted by molar-refractivity contribution is 0.0694. The summed E-state index contributed by atoms with van der Waals surface area (Å²) in [6.07, 6.45) is 4.16. The van der Waals surface area contributed by atoms with Crippen molar-refractivity contribution in [1.82, 2.24) is 14.7 Å². The first-order valence-electron chi connectivity index (χ1n) is 7.86. The zero-order chi connectivity index (χ0) is 16.9. The van der Waals surface area contributed by atoms with Crippen molar-refractivity contribution in [1.29, 1.82) is 0 Å². The maximum absolute atomic E-state index is 12.2. The molecular weight excluding hydrogens is 310 g/mol. The van der Waals surface area contributed by atoms with Crippen LogP contribution in [-0.4, -0.2) is 44.9 Å². The molecule has 7 heteroatoms. The van der Waals surface area contributed by atoms with E-state index in [2.05, 4.69) is 5.10 Å². The number of ether oxygens (including phenoxy) is 1. The number of nitrogens with zero attached hydrogens (tertiary/aromatic N) is 3. The Morgan fingerprint density at radius 1 is 1.29 bits per heavy atom. The van der Waals surface area contributed by atoms with Gasteiger partial charge in [-0.25, -0.2) is 9.59 Å². The zero-order valence-electron chi connectivity index (χ0n) is 13.2. The molecule has 0 spiro atoms. The Kier molecular flexibility index (Phi) is 4.79. The van der Waals surface area contributed by atoms with E-state index in [0.717, 1.165) is 18.4 Å². The van der Waals surface area contributed by atoms with Gasteiger partial charge in [-0.3, -0.25) is 4.68 Å². The highest BCUT2D eigenvalue weighted by atomic mass is 16.6. The third-order valence-corrected chi connectivity index (χ3v) is 4.08. The molecule has 0 unspecified atom stereocenters. The summed E-state index contributed by atoms with van der Waals surface area (Å²) in [5, 5.41) is 13.1. The van der Waals surface area contributed by atoms with Crippen molar-refractivity contribution in [3.63, 3.8) is 0 Å². The molecule has 1 aromatic carbocycles. The molecule has 1 aliphatic rings. The number of likely N-dealkylation sites (tertiary alicyclic amines) is 1. The van der Waals surface area contributed by atoms with Gasteiger partial charge in [-0.05, 0) is 18.4 Å². The number of carboxylic acid groups (broad SMARTS) is 1. The van der Waals surface area contributed by atoms with Crippen LogP contribution in [0.2, 0.25) is 0 Å². The van der Waals surface area contributed by atoms with Crippen LogP contribution in [0.3, 0.4) is 0 Å². The summed E-state index contributed by atoms with van der Waals surface area (Å²) in [5.74, 6) is -1.00. The second kappa shape index (κ2) is 7.16. The molecule has 1 saturated heterocycles. The molecule has 0 aliphatic carbocycles. The standard InChI is InChI=1S/C17H19N3O4/c21-16(22)14-9-18-20(10-14)15-7-4-8-19(11-15)17(23)24-12-13-5-2-1-3-6-13/h1-3,5-6,9-10,15H,4,7-8,11-12H2,(H,21,22)/t15-/m0/s1. The molecule has 0 saturated carbocycles. The fourth-order valence-corrected chi connectivity index (χ4v) is 2.80. The second-order valence-electron chi connectivity index (χ2n) is 5.80. The summed E-state index contributed by atoms with van der Waals surface area (Å²) in [4.78, 5) is 24.8. The fourth-order valence-electron chi connectivity index (χ4n) is 2.80. The van der Waals surface area contributed by atoms with Gasteiger partial charge < -0.3 is 14.7 Å². The van der Waals surface area contributed by atoms with Gasteiger partial charge in [-0.2, -0.15) is 5.10 Å². The first kappa shape index (κ1) is 16.0. The monoisotopic (exact) mass is 329 g/mol. The number of aromatic nitrogens is 2. The maximum Gasteiger partial charge on any atom is 0.410 e. The van der Waals surface area contributed by atoms with Crippen LogP contribution in [0.1, 0.15) is 34.8 Å². The van der Waals surface area contributed by atoms with Crippen molar-refractivity contribution in [2.75, 3.05) is 13.1 Å². The van der Waals surface area contributed by atoms with Crippen LogP contribution in [0.4, 0.5) is 4.79 Å². The van der Waals surface area contributed by atoms with Crippen molar-refractivity contribution in [3.05, 3.63) is 53.9 Å². The summed E-state index contributed by atoms with van der Waals surface area (Å²) in [7, 11) is 0. The lowest BCUT2D eigenvalue weighted by Crippen LogP contribution is -2.41. The number of aromatic carboxylic acids is 1. The molecule has 24 heavy (non-hydrogen) atoms. The molecule has 7 nitrogen and oxygen atoms in total. The Morgan fingerprint density at radius 3 is 2.79 bits per heavy atom. The molecule has 1 amide bonds. The van der Waals surface area contributed by atoms with E-state index in [0.29, 0.717) is 13.1 Å². The molecule has 3 rings (SSSR count). The Balaban J connectivity index is 1.58. The molecule has 2 aromatic rings. The molecule has 2 heterocycles. The molecule has 0 bridgehead atoms. The number of hydrogen-bond acceptors (Lipinski definition) is 4. The van der Waals surface area contributed by atoms with Crippen molar-refractivity contribution >= 4 is 12.1 Å². The van der Waals surface area contributed by atoms with Crippen LogP contribution in [0.5, 0.6) is 0 Å². The molecule has 1 fully saturated rings. The first-order valence-corrected chi connectivity index (χ1v) is 7.86. The number of piperidine rings is 1. The van der Waals surface area contributed by atoms with Gasteiger partial charge in [-0.15, -0.1) is 0 Å². The molecule has 1 aromatic heterocycles. The van der Waals surface area contributed by atoms with E-state index in [1.54, 1.807) is 9.58 Å². The Morgan fingerprint density at radius 2 is 2.08 bits per heavy atom. The smallest absolute Gasteiger partial charge is 0.410 e. The Labute approximate surface area is 139 Å². The van der Waals surface area contributed by atoms with Gasteiger partial charge in [-0.1, -0.05) is 30.3 Å². The normalized spacial score (nSPS) is 17.5. The largest absolute Gasteiger partial charge is 0.478 e. The van der Waals surface area contributed by atoms with E-state index in [-0.39, 0.29) is 24.3 Å². The van der Waals surface area contributed by atoms with E-state index in [1.807, 2.05) is 30.3 Å². The van der Waals surface area contributed by atoms with E-state index < -0.39 is 5.97 Å². The van der Waals surface area contributed by atoms with Crippen LogP contribution >= 0.6 is 0 Å². The molecule has 1 atom stereocenters. The minimum atomic E-state index is -1.00. The van der Waals surface area contributed by atoms with Crippen molar-refractivity contribution in [3.8, 4) is 0 Å². The van der Waals surface area contributed by atoms with Gasteiger partial charge in [0.25, 0.3) is 0 Å². The zero-order valence-corrected chi connectivity index (χ0v) is 13.2. The SMILES string of the molecule is O=C(O)c1cnn([C@H]2CCCN(C(=O)OCc3ccccc3)C2)c1. The van der Waals surface area contributed by atoms with E-state index >= 15 is 0 Å². The van der Waals surface area contributed by atoms with Crippen LogP contribution in [0.25, 0.3) is 0 Å². The molecule has 1 aliphatic heterocycles. The fraction of sp³-hybridized carbons (Fsp3) is 0.353. The van der Waals surface area contributed by atoms with E-state index in [9.17, 15) is 9.59 Å². The minimum absolute atomic E-state index is 0.0314. The summed E-state index contributed by atoms with van der Waals surface area (Å²) < 4.78 is 6.98. The molecular formula is C17H19N3O4.